The summed E-state index contributed by atoms with van der Waals surface area (Å²) in [5.74, 6) is 0. The van der Waals surface area contributed by atoms with Crippen molar-refractivity contribution in [3.05, 3.63) is 41.4 Å². The van der Waals surface area contributed by atoms with E-state index in [9.17, 15) is 0 Å². The second kappa shape index (κ2) is 4.75. The fourth-order valence-corrected chi connectivity index (χ4v) is 2.98. The van der Waals surface area contributed by atoms with E-state index in [4.69, 9.17) is 9.31 Å². The summed E-state index contributed by atoms with van der Waals surface area (Å²) in [6, 6.07) is 10.6. The number of benzene rings is 1. The lowest BCUT2D eigenvalue weighted by molar-refractivity contribution is 0.00578. The van der Waals surface area contributed by atoms with Gasteiger partial charge >= 0.3 is 7.12 Å². The number of hydrogen-bond donors (Lipinski definition) is 0. The molecule has 0 amide bonds. The second-order valence-electron chi connectivity index (χ2n) is 6.81. The molecule has 1 aromatic rings. The van der Waals surface area contributed by atoms with Crippen molar-refractivity contribution in [2.24, 2.45) is 0 Å². The first-order valence-corrected chi connectivity index (χ1v) is 7.54. The van der Waals surface area contributed by atoms with Crippen molar-refractivity contribution < 1.29 is 9.31 Å². The van der Waals surface area contributed by atoms with Gasteiger partial charge in [0.2, 0.25) is 0 Å². The topological polar surface area (TPSA) is 18.5 Å². The van der Waals surface area contributed by atoms with Gasteiger partial charge in [-0.3, -0.25) is 0 Å². The summed E-state index contributed by atoms with van der Waals surface area (Å²) in [6.45, 7) is 8.46. The quantitative estimate of drug-likeness (QED) is 0.748. The Morgan fingerprint density at radius 3 is 2.10 bits per heavy atom. The van der Waals surface area contributed by atoms with Gasteiger partial charge in [-0.15, -0.1) is 0 Å². The molecule has 0 radical (unpaired) electrons. The van der Waals surface area contributed by atoms with Gasteiger partial charge in [-0.1, -0.05) is 30.3 Å². The molecule has 1 aliphatic carbocycles. The van der Waals surface area contributed by atoms with Crippen molar-refractivity contribution in [1.82, 2.24) is 0 Å². The van der Waals surface area contributed by atoms with Crippen molar-refractivity contribution in [2.75, 3.05) is 0 Å². The van der Waals surface area contributed by atoms with E-state index < -0.39 is 0 Å². The van der Waals surface area contributed by atoms with Crippen LogP contribution in [0.4, 0.5) is 0 Å². The minimum atomic E-state index is -0.255. The van der Waals surface area contributed by atoms with Crippen LogP contribution >= 0.6 is 0 Å². The molecule has 106 valence electrons. The van der Waals surface area contributed by atoms with E-state index in [0.717, 1.165) is 12.8 Å². The molecule has 0 aromatic heterocycles. The van der Waals surface area contributed by atoms with Crippen molar-refractivity contribution in [1.29, 1.82) is 0 Å². The SMILES string of the molecule is CC1(C)OB(C2=C(c3ccccc3)CCC2)OC1(C)C. The Balaban J connectivity index is 1.94. The summed E-state index contributed by atoms with van der Waals surface area (Å²) in [7, 11) is -0.183. The largest absolute Gasteiger partial charge is 0.490 e. The summed E-state index contributed by atoms with van der Waals surface area (Å²) in [5.41, 5.74) is 3.57. The van der Waals surface area contributed by atoms with Gasteiger partial charge in [0.1, 0.15) is 0 Å². The van der Waals surface area contributed by atoms with Crippen molar-refractivity contribution >= 4 is 12.7 Å². The van der Waals surface area contributed by atoms with Crippen LogP contribution in [0.2, 0.25) is 0 Å². The zero-order valence-electron chi connectivity index (χ0n) is 12.9. The Bertz CT molecular complexity index is 515. The molecule has 20 heavy (non-hydrogen) atoms. The van der Waals surface area contributed by atoms with Gasteiger partial charge in [-0.05, 0) is 63.6 Å². The smallest absolute Gasteiger partial charge is 0.400 e. The molecule has 1 fully saturated rings. The van der Waals surface area contributed by atoms with Crippen molar-refractivity contribution in [3.8, 4) is 0 Å². The zero-order valence-corrected chi connectivity index (χ0v) is 12.9. The maximum Gasteiger partial charge on any atom is 0.490 e. The van der Waals surface area contributed by atoms with Crippen LogP contribution in [0.15, 0.2) is 35.8 Å². The Morgan fingerprint density at radius 2 is 1.50 bits per heavy atom. The Labute approximate surface area is 122 Å². The van der Waals surface area contributed by atoms with E-state index in [1.807, 2.05) is 0 Å². The zero-order chi connectivity index (χ0) is 14.4. The lowest BCUT2D eigenvalue weighted by Crippen LogP contribution is -2.41. The van der Waals surface area contributed by atoms with Crippen LogP contribution in [0.3, 0.4) is 0 Å². The van der Waals surface area contributed by atoms with E-state index in [0.29, 0.717) is 0 Å². The van der Waals surface area contributed by atoms with Gasteiger partial charge in [-0.25, -0.2) is 0 Å². The third-order valence-corrected chi connectivity index (χ3v) is 4.92. The molecule has 0 unspecified atom stereocenters. The van der Waals surface area contributed by atoms with E-state index in [1.165, 1.54) is 23.0 Å². The number of rotatable bonds is 2. The van der Waals surface area contributed by atoms with Gasteiger partial charge in [0, 0.05) is 0 Å². The first-order valence-electron chi connectivity index (χ1n) is 7.54. The molecule has 0 atom stereocenters. The van der Waals surface area contributed by atoms with Crippen LogP contribution in [-0.2, 0) is 9.31 Å². The summed E-state index contributed by atoms with van der Waals surface area (Å²) < 4.78 is 12.4. The van der Waals surface area contributed by atoms with E-state index >= 15 is 0 Å². The van der Waals surface area contributed by atoms with Crippen LogP contribution in [-0.4, -0.2) is 18.3 Å². The minimum Gasteiger partial charge on any atom is -0.400 e. The number of allylic oxidation sites excluding steroid dienone is 2. The number of hydrogen-bond acceptors (Lipinski definition) is 2. The van der Waals surface area contributed by atoms with Crippen molar-refractivity contribution in [3.63, 3.8) is 0 Å². The summed E-state index contributed by atoms with van der Waals surface area (Å²) in [6.07, 6.45) is 3.41. The van der Waals surface area contributed by atoms with E-state index in [2.05, 4.69) is 58.0 Å². The first kappa shape index (κ1) is 13.9. The summed E-state index contributed by atoms with van der Waals surface area (Å²) >= 11 is 0. The van der Waals surface area contributed by atoms with Crippen LogP contribution in [0, 0.1) is 0 Å². The molecule has 0 spiro atoms. The molecule has 0 bridgehead atoms. The standard InChI is InChI=1S/C17H23BO2/c1-16(2)17(3,4)20-18(19-16)15-12-8-11-14(15)13-9-6-5-7-10-13/h5-7,9-10H,8,11-12H2,1-4H3. The van der Waals surface area contributed by atoms with E-state index in [1.54, 1.807) is 0 Å². The molecule has 2 nitrogen and oxygen atoms in total. The van der Waals surface area contributed by atoms with Crippen LogP contribution < -0.4 is 0 Å². The molecule has 1 aromatic carbocycles. The lowest BCUT2D eigenvalue weighted by atomic mass is 9.74. The predicted octanol–water partition coefficient (Wildman–Crippen LogP) is 4.26. The average Bonchev–Trinajstić information content (AvgIpc) is 2.94. The molecule has 1 saturated heterocycles. The van der Waals surface area contributed by atoms with Gasteiger partial charge in [0.15, 0.2) is 0 Å². The van der Waals surface area contributed by atoms with Gasteiger partial charge in [-0.2, -0.15) is 0 Å². The fourth-order valence-electron chi connectivity index (χ4n) is 2.98. The molecule has 1 aliphatic heterocycles. The Hall–Kier alpha value is -1.06. The second-order valence-corrected chi connectivity index (χ2v) is 6.81. The highest BCUT2D eigenvalue weighted by molar-refractivity contribution is 6.56. The highest BCUT2D eigenvalue weighted by Gasteiger charge is 2.53. The van der Waals surface area contributed by atoms with Gasteiger partial charge < -0.3 is 9.31 Å². The highest BCUT2D eigenvalue weighted by Crippen LogP contribution is 2.43. The molecule has 1 heterocycles. The van der Waals surface area contributed by atoms with Crippen LogP contribution in [0.1, 0.15) is 52.5 Å². The fraction of sp³-hybridized carbons (Fsp3) is 0.529. The van der Waals surface area contributed by atoms with Crippen molar-refractivity contribution in [2.45, 2.75) is 58.2 Å². The Kier molecular flexibility index (Phi) is 3.30. The maximum atomic E-state index is 6.22. The lowest BCUT2D eigenvalue weighted by Gasteiger charge is -2.32. The van der Waals surface area contributed by atoms with E-state index in [-0.39, 0.29) is 18.3 Å². The average molecular weight is 270 g/mol. The van der Waals surface area contributed by atoms with Crippen LogP contribution in [0.5, 0.6) is 0 Å². The third-order valence-electron chi connectivity index (χ3n) is 4.92. The monoisotopic (exact) mass is 270 g/mol. The summed E-state index contributed by atoms with van der Waals surface area (Å²) in [5, 5.41) is 0. The Morgan fingerprint density at radius 1 is 0.900 bits per heavy atom. The normalized spacial score (nSPS) is 24.5. The van der Waals surface area contributed by atoms with Gasteiger partial charge in [0.05, 0.1) is 11.2 Å². The molecule has 3 heteroatoms. The van der Waals surface area contributed by atoms with Crippen LogP contribution in [0.25, 0.3) is 5.57 Å². The molecular formula is C17H23BO2. The van der Waals surface area contributed by atoms with Gasteiger partial charge in [0.25, 0.3) is 0 Å². The highest BCUT2D eigenvalue weighted by atomic mass is 16.7. The molecule has 2 aliphatic rings. The minimum absolute atomic E-state index is 0.183. The molecule has 0 N–H and O–H groups in total. The first-order chi connectivity index (χ1) is 9.41. The molecule has 0 saturated carbocycles. The molecule has 3 rings (SSSR count). The molecular weight excluding hydrogens is 247 g/mol. The summed E-state index contributed by atoms with van der Waals surface area (Å²) in [4.78, 5) is 0. The third kappa shape index (κ3) is 2.23. The maximum absolute atomic E-state index is 6.22. The predicted molar refractivity (Wildman–Crippen MR) is 83.3 cm³/mol.